The molecule has 0 saturated carbocycles. The van der Waals surface area contributed by atoms with Crippen LogP contribution in [0.3, 0.4) is 0 Å². The Bertz CT molecular complexity index is 457. The Morgan fingerprint density at radius 3 is 2.40 bits per heavy atom. The molecule has 4 heteroatoms. The van der Waals surface area contributed by atoms with Crippen molar-refractivity contribution in [2.24, 2.45) is 0 Å². The van der Waals surface area contributed by atoms with Crippen LogP contribution in [-0.2, 0) is 6.54 Å². The molecule has 0 aliphatic carbocycles. The van der Waals surface area contributed by atoms with Crippen LogP contribution in [0.2, 0.25) is 0 Å². The summed E-state index contributed by atoms with van der Waals surface area (Å²) < 4.78 is 27.4. The SMILES string of the molecule is Cc1cnn(Cc2cc(F)cc(F)c2)c1. The predicted molar refractivity (Wildman–Crippen MR) is 52.4 cm³/mol. The topological polar surface area (TPSA) is 17.8 Å². The fraction of sp³-hybridized carbons (Fsp3) is 0.182. The van der Waals surface area contributed by atoms with Gasteiger partial charge in [0, 0.05) is 12.3 Å². The van der Waals surface area contributed by atoms with Crippen LogP contribution < -0.4 is 0 Å². The summed E-state index contributed by atoms with van der Waals surface area (Å²) in [5.74, 6) is -1.12. The van der Waals surface area contributed by atoms with Gasteiger partial charge in [0.05, 0.1) is 12.7 Å². The molecule has 78 valence electrons. The van der Waals surface area contributed by atoms with E-state index in [9.17, 15) is 8.78 Å². The molecule has 0 fully saturated rings. The van der Waals surface area contributed by atoms with Crippen LogP contribution in [0.15, 0.2) is 30.6 Å². The van der Waals surface area contributed by atoms with Crippen LogP contribution in [-0.4, -0.2) is 9.78 Å². The summed E-state index contributed by atoms with van der Waals surface area (Å²) in [5.41, 5.74) is 1.59. The zero-order valence-electron chi connectivity index (χ0n) is 8.24. The zero-order valence-corrected chi connectivity index (χ0v) is 8.24. The standard InChI is InChI=1S/C11H10F2N2/c1-8-5-14-15(6-8)7-9-2-10(12)4-11(13)3-9/h2-6H,7H2,1H3. The lowest BCUT2D eigenvalue weighted by Crippen LogP contribution is -2.00. The molecule has 0 saturated heterocycles. The maximum atomic E-state index is 12.9. The van der Waals surface area contributed by atoms with Gasteiger partial charge in [-0.3, -0.25) is 4.68 Å². The number of rotatable bonds is 2. The lowest BCUT2D eigenvalue weighted by atomic mass is 10.2. The number of hydrogen-bond donors (Lipinski definition) is 0. The van der Waals surface area contributed by atoms with Gasteiger partial charge in [-0.05, 0) is 30.2 Å². The van der Waals surface area contributed by atoms with Gasteiger partial charge in [-0.25, -0.2) is 8.78 Å². The highest BCUT2D eigenvalue weighted by Gasteiger charge is 2.02. The van der Waals surface area contributed by atoms with Gasteiger partial charge >= 0.3 is 0 Å². The Kier molecular flexibility index (Phi) is 2.49. The van der Waals surface area contributed by atoms with E-state index < -0.39 is 11.6 Å². The molecule has 0 amide bonds. The van der Waals surface area contributed by atoms with Crippen molar-refractivity contribution in [3.05, 3.63) is 53.4 Å². The van der Waals surface area contributed by atoms with Gasteiger partial charge in [-0.15, -0.1) is 0 Å². The van der Waals surface area contributed by atoms with E-state index >= 15 is 0 Å². The number of benzene rings is 1. The molecule has 2 aromatic rings. The van der Waals surface area contributed by atoms with E-state index in [0.717, 1.165) is 11.6 Å². The van der Waals surface area contributed by atoms with Gasteiger partial charge in [0.15, 0.2) is 0 Å². The summed E-state index contributed by atoms with van der Waals surface area (Å²) in [6.07, 6.45) is 3.53. The molecular weight excluding hydrogens is 198 g/mol. The molecule has 1 aromatic heterocycles. The Morgan fingerprint density at radius 1 is 1.20 bits per heavy atom. The van der Waals surface area contributed by atoms with Crippen LogP contribution in [0.5, 0.6) is 0 Å². The van der Waals surface area contributed by atoms with E-state index in [4.69, 9.17) is 0 Å². The first-order valence-corrected chi connectivity index (χ1v) is 4.57. The number of halogens is 2. The van der Waals surface area contributed by atoms with Gasteiger partial charge in [0.1, 0.15) is 11.6 Å². The summed E-state index contributed by atoms with van der Waals surface area (Å²) in [6, 6.07) is 3.47. The first-order chi connectivity index (χ1) is 7.13. The minimum Gasteiger partial charge on any atom is -0.268 e. The van der Waals surface area contributed by atoms with Crippen LogP contribution in [0, 0.1) is 18.6 Å². The van der Waals surface area contributed by atoms with Crippen molar-refractivity contribution < 1.29 is 8.78 Å². The lowest BCUT2D eigenvalue weighted by molar-refractivity contribution is 0.574. The predicted octanol–water partition coefficient (Wildman–Crippen LogP) is 2.52. The van der Waals surface area contributed by atoms with E-state index in [1.54, 1.807) is 10.9 Å². The first-order valence-electron chi connectivity index (χ1n) is 4.57. The third-order valence-electron chi connectivity index (χ3n) is 2.03. The van der Waals surface area contributed by atoms with Gasteiger partial charge in [0.2, 0.25) is 0 Å². The van der Waals surface area contributed by atoms with Crippen molar-refractivity contribution in [2.75, 3.05) is 0 Å². The second-order valence-electron chi connectivity index (χ2n) is 3.49. The molecule has 0 aliphatic rings. The normalized spacial score (nSPS) is 10.6. The minimum absolute atomic E-state index is 0.377. The molecule has 2 rings (SSSR count). The molecule has 1 aromatic carbocycles. The Labute approximate surface area is 86.2 Å². The summed E-state index contributed by atoms with van der Waals surface area (Å²) in [5, 5.41) is 4.04. The number of nitrogens with zero attached hydrogens (tertiary/aromatic N) is 2. The molecular formula is C11H10F2N2. The highest BCUT2D eigenvalue weighted by Crippen LogP contribution is 2.09. The van der Waals surface area contributed by atoms with Gasteiger partial charge in [-0.2, -0.15) is 5.10 Å². The molecule has 0 spiro atoms. The molecule has 15 heavy (non-hydrogen) atoms. The van der Waals surface area contributed by atoms with E-state index in [-0.39, 0.29) is 0 Å². The van der Waals surface area contributed by atoms with Crippen LogP contribution >= 0.6 is 0 Å². The molecule has 0 radical (unpaired) electrons. The fourth-order valence-electron chi connectivity index (χ4n) is 1.44. The maximum Gasteiger partial charge on any atom is 0.126 e. The second-order valence-corrected chi connectivity index (χ2v) is 3.49. The molecule has 0 aliphatic heterocycles. The van der Waals surface area contributed by atoms with E-state index in [0.29, 0.717) is 12.1 Å². The van der Waals surface area contributed by atoms with Crippen LogP contribution in [0.25, 0.3) is 0 Å². The Morgan fingerprint density at radius 2 is 1.87 bits per heavy atom. The second kappa shape index (κ2) is 3.81. The summed E-state index contributed by atoms with van der Waals surface area (Å²) in [4.78, 5) is 0. The van der Waals surface area contributed by atoms with Gasteiger partial charge in [0.25, 0.3) is 0 Å². The lowest BCUT2D eigenvalue weighted by Gasteiger charge is -2.02. The summed E-state index contributed by atoms with van der Waals surface area (Å²) >= 11 is 0. The smallest absolute Gasteiger partial charge is 0.126 e. The van der Waals surface area contributed by atoms with Crippen molar-refractivity contribution in [3.8, 4) is 0 Å². The maximum absolute atomic E-state index is 12.9. The highest BCUT2D eigenvalue weighted by atomic mass is 19.1. The van der Waals surface area contributed by atoms with Crippen LogP contribution in [0.1, 0.15) is 11.1 Å². The van der Waals surface area contributed by atoms with Crippen molar-refractivity contribution >= 4 is 0 Å². The third kappa shape index (κ3) is 2.40. The number of hydrogen-bond acceptors (Lipinski definition) is 1. The van der Waals surface area contributed by atoms with Crippen LogP contribution in [0.4, 0.5) is 8.78 Å². The van der Waals surface area contributed by atoms with Crippen molar-refractivity contribution in [3.63, 3.8) is 0 Å². The molecule has 0 atom stereocenters. The highest BCUT2D eigenvalue weighted by molar-refractivity contribution is 5.18. The Hall–Kier alpha value is -1.71. The van der Waals surface area contributed by atoms with E-state index in [2.05, 4.69) is 5.10 Å². The first kappa shape index (κ1) is 9.83. The molecule has 1 heterocycles. The number of aromatic nitrogens is 2. The van der Waals surface area contributed by atoms with Gasteiger partial charge in [-0.1, -0.05) is 0 Å². The van der Waals surface area contributed by atoms with E-state index in [1.165, 1.54) is 12.1 Å². The molecule has 0 N–H and O–H groups in total. The average molecular weight is 208 g/mol. The average Bonchev–Trinajstić information content (AvgIpc) is 2.49. The molecule has 0 bridgehead atoms. The zero-order chi connectivity index (χ0) is 10.8. The largest absolute Gasteiger partial charge is 0.268 e. The van der Waals surface area contributed by atoms with Gasteiger partial charge < -0.3 is 0 Å². The molecule has 0 unspecified atom stereocenters. The fourth-order valence-corrected chi connectivity index (χ4v) is 1.44. The monoisotopic (exact) mass is 208 g/mol. The summed E-state index contributed by atoms with van der Waals surface area (Å²) in [6.45, 7) is 2.29. The summed E-state index contributed by atoms with van der Waals surface area (Å²) in [7, 11) is 0. The number of aryl methyl sites for hydroxylation is 1. The van der Waals surface area contributed by atoms with Crippen molar-refractivity contribution in [1.29, 1.82) is 0 Å². The third-order valence-corrected chi connectivity index (χ3v) is 2.03. The Balaban J connectivity index is 2.24. The molecule has 2 nitrogen and oxygen atoms in total. The van der Waals surface area contributed by atoms with Crippen molar-refractivity contribution in [1.82, 2.24) is 9.78 Å². The quantitative estimate of drug-likeness (QED) is 0.741. The van der Waals surface area contributed by atoms with E-state index in [1.807, 2.05) is 13.1 Å². The minimum atomic E-state index is -0.561. The van der Waals surface area contributed by atoms with Crippen molar-refractivity contribution in [2.45, 2.75) is 13.5 Å².